The van der Waals surface area contributed by atoms with Crippen molar-refractivity contribution < 1.29 is 13.2 Å². The summed E-state index contributed by atoms with van der Waals surface area (Å²) in [5.74, 6) is -0.386. The van der Waals surface area contributed by atoms with Gasteiger partial charge >= 0.3 is 0 Å². The van der Waals surface area contributed by atoms with Crippen LogP contribution in [0.4, 0.5) is 0 Å². The highest BCUT2D eigenvalue weighted by Gasteiger charge is 2.27. The first-order valence-corrected chi connectivity index (χ1v) is 13.2. The van der Waals surface area contributed by atoms with Crippen molar-refractivity contribution in [2.45, 2.75) is 18.0 Å². The number of hydrogen-bond donors (Lipinski definition) is 1. The number of fused-ring (bicyclic) bond motifs is 1. The Balaban J connectivity index is 1.55. The average molecular weight is 558 g/mol. The van der Waals surface area contributed by atoms with E-state index in [0.29, 0.717) is 11.6 Å². The molecule has 0 radical (unpaired) electrons. The number of amides is 1. The Morgan fingerprint density at radius 2 is 1.56 bits per heavy atom. The Kier molecular flexibility index (Phi) is 7.68. The van der Waals surface area contributed by atoms with Crippen LogP contribution in [0.1, 0.15) is 11.1 Å². The van der Waals surface area contributed by atoms with E-state index in [2.05, 4.69) is 21.2 Å². The number of benzene rings is 4. The molecular formula is C26H22BrClN2O3S. The van der Waals surface area contributed by atoms with Crippen molar-refractivity contribution in [1.82, 2.24) is 9.62 Å². The van der Waals surface area contributed by atoms with Gasteiger partial charge in [0, 0.05) is 22.6 Å². The molecule has 174 valence electrons. The van der Waals surface area contributed by atoms with Crippen molar-refractivity contribution in [1.29, 1.82) is 0 Å². The Morgan fingerprint density at radius 3 is 2.29 bits per heavy atom. The van der Waals surface area contributed by atoms with Crippen LogP contribution in [0.5, 0.6) is 0 Å². The van der Waals surface area contributed by atoms with Gasteiger partial charge in [-0.05, 0) is 58.3 Å². The average Bonchev–Trinajstić information content (AvgIpc) is 2.84. The molecule has 0 aromatic heterocycles. The fourth-order valence-electron chi connectivity index (χ4n) is 3.63. The van der Waals surface area contributed by atoms with E-state index in [0.717, 1.165) is 26.4 Å². The third-order valence-electron chi connectivity index (χ3n) is 5.40. The first kappa shape index (κ1) is 24.4. The van der Waals surface area contributed by atoms with Gasteiger partial charge in [-0.25, -0.2) is 8.42 Å². The molecular weight excluding hydrogens is 536 g/mol. The molecule has 34 heavy (non-hydrogen) atoms. The number of nitrogens with one attached hydrogen (secondary N) is 1. The molecule has 0 aliphatic carbocycles. The molecule has 1 amide bonds. The summed E-state index contributed by atoms with van der Waals surface area (Å²) < 4.78 is 28.9. The maximum absolute atomic E-state index is 13.4. The molecule has 0 aliphatic rings. The lowest BCUT2D eigenvalue weighted by Crippen LogP contribution is -2.40. The van der Waals surface area contributed by atoms with Gasteiger partial charge in [0.15, 0.2) is 0 Å². The molecule has 4 aromatic carbocycles. The Morgan fingerprint density at radius 1 is 0.882 bits per heavy atom. The van der Waals surface area contributed by atoms with Crippen LogP contribution in [-0.2, 0) is 27.9 Å². The molecule has 0 saturated heterocycles. The number of halogens is 2. The van der Waals surface area contributed by atoms with Crippen molar-refractivity contribution >= 4 is 54.2 Å². The van der Waals surface area contributed by atoms with Crippen LogP contribution in [0.2, 0.25) is 5.02 Å². The molecule has 0 heterocycles. The summed E-state index contributed by atoms with van der Waals surface area (Å²) in [5.41, 5.74) is 1.73. The van der Waals surface area contributed by atoms with Crippen LogP contribution < -0.4 is 5.32 Å². The summed E-state index contributed by atoms with van der Waals surface area (Å²) >= 11 is 9.32. The van der Waals surface area contributed by atoms with E-state index in [1.165, 1.54) is 28.6 Å². The van der Waals surface area contributed by atoms with Gasteiger partial charge in [-0.2, -0.15) is 4.31 Å². The third kappa shape index (κ3) is 5.85. The Labute approximate surface area is 212 Å². The highest BCUT2D eigenvalue weighted by atomic mass is 79.9. The second-order valence-corrected chi connectivity index (χ2v) is 11.1. The number of hydrogen-bond acceptors (Lipinski definition) is 3. The fourth-order valence-corrected chi connectivity index (χ4v) is 5.41. The predicted molar refractivity (Wildman–Crippen MR) is 139 cm³/mol. The first-order chi connectivity index (χ1) is 16.3. The number of nitrogens with zero attached hydrogens (tertiary/aromatic N) is 1. The van der Waals surface area contributed by atoms with Crippen molar-refractivity contribution in [3.63, 3.8) is 0 Å². The summed E-state index contributed by atoms with van der Waals surface area (Å²) in [6.07, 6.45) is 0. The summed E-state index contributed by atoms with van der Waals surface area (Å²) in [7, 11) is -3.94. The molecule has 0 fully saturated rings. The molecule has 0 spiro atoms. The van der Waals surface area contributed by atoms with Gasteiger partial charge in [0.2, 0.25) is 15.9 Å². The lowest BCUT2D eigenvalue weighted by molar-refractivity contribution is -0.121. The number of sulfonamides is 1. The van der Waals surface area contributed by atoms with Gasteiger partial charge in [0.25, 0.3) is 0 Å². The fraction of sp³-hybridized carbons (Fsp3) is 0.115. The minimum Gasteiger partial charge on any atom is -0.351 e. The molecule has 5 nitrogen and oxygen atoms in total. The highest BCUT2D eigenvalue weighted by molar-refractivity contribution is 9.10. The number of rotatable bonds is 8. The van der Waals surface area contributed by atoms with Crippen LogP contribution in [0.25, 0.3) is 10.8 Å². The van der Waals surface area contributed by atoms with Crippen LogP contribution >= 0.6 is 27.5 Å². The van der Waals surface area contributed by atoms with E-state index in [1.54, 1.807) is 0 Å². The molecule has 8 heteroatoms. The van der Waals surface area contributed by atoms with E-state index in [1.807, 2.05) is 66.7 Å². The van der Waals surface area contributed by atoms with Gasteiger partial charge in [0.1, 0.15) is 0 Å². The molecule has 4 aromatic rings. The zero-order valence-corrected chi connectivity index (χ0v) is 21.3. The zero-order chi connectivity index (χ0) is 24.1. The zero-order valence-electron chi connectivity index (χ0n) is 18.1. The second-order valence-electron chi connectivity index (χ2n) is 7.77. The second kappa shape index (κ2) is 10.7. The predicted octanol–water partition coefficient (Wildman–Crippen LogP) is 5.76. The molecule has 1 N–H and O–H groups in total. The number of carbonyl (C=O) groups excluding carboxylic acids is 1. The first-order valence-electron chi connectivity index (χ1n) is 10.6. The molecule has 0 unspecified atom stereocenters. The summed E-state index contributed by atoms with van der Waals surface area (Å²) in [6.45, 7) is 0.0407. The smallest absolute Gasteiger partial charge is 0.243 e. The van der Waals surface area contributed by atoms with Crippen LogP contribution in [0, 0.1) is 0 Å². The van der Waals surface area contributed by atoms with Crippen molar-refractivity contribution in [3.8, 4) is 0 Å². The third-order valence-corrected chi connectivity index (χ3v) is 7.99. The lowest BCUT2D eigenvalue weighted by atomic mass is 10.0. The highest BCUT2D eigenvalue weighted by Crippen LogP contribution is 2.22. The van der Waals surface area contributed by atoms with Crippen molar-refractivity contribution in [2.24, 2.45) is 0 Å². The van der Waals surface area contributed by atoms with E-state index < -0.39 is 10.0 Å². The molecule has 0 bridgehead atoms. The number of carbonyl (C=O) groups is 1. The summed E-state index contributed by atoms with van der Waals surface area (Å²) in [6, 6.07) is 27.1. The van der Waals surface area contributed by atoms with Crippen molar-refractivity contribution in [3.05, 3.63) is 112 Å². The summed E-state index contributed by atoms with van der Waals surface area (Å²) in [5, 5.41) is 5.44. The minimum absolute atomic E-state index is 0.0555. The maximum atomic E-state index is 13.4. The summed E-state index contributed by atoms with van der Waals surface area (Å²) in [4.78, 5) is 13.0. The van der Waals surface area contributed by atoms with Crippen molar-refractivity contribution in [2.75, 3.05) is 6.54 Å². The standard InChI is InChI=1S/C26H22BrClN2O3S/c27-22-10-8-19(9-11-22)17-30(34(32,33)24-14-12-23(28)13-15-24)18-26(31)29-16-21-6-3-5-20-4-1-2-7-25(20)21/h1-15H,16-18H2,(H,29,31). The Hall–Kier alpha value is -2.71. The van der Waals surface area contributed by atoms with E-state index in [-0.39, 0.29) is 23.9 Å². The van der Waals surface area contributed by atoms with Gasteiger partial charge in [0.05, 0.1) is 11.4 Å². The van der Waals surface area contributed by atoms with Crippen LogP contribution in [-0.4, -0.2) is 25.2 Å². The monoisotopic (exact) mass is 556 g/mol. The quantitative estimate of drug-likeness (QED) is 0.299. The molecule has 4 rings (SSSR count). The maximum Gasteiger partial charge on any atom is 0.243 e. The molecule has 0 atom stereocenters. The topological polar surface area (TPSA) is 66.5 Å². The minimum atomic E-state index is -3.94. The van der Waals surface area contributed by atoms with E-state index in [4.69, 9.17) is 11.6 Å². The normalized spacial score (nSPS) is 11.6. The van der Waals surface area contributed by atoms with Crippen LogP contribution in [0.15, 0.2) is 100 Å². The largest absolute Gasteiger partial charge is 0.351 e. The molecule has 0 aliphatic heterocycles. The lowest BCUT2D eigenvalue weighted by Gasteiger charge is -2.22. The van der Waals surface area contributed by atoms with Gasteiger partial charge in [-0.15, -0.1) is 0 Å². The SMILES string of the molecule is O=C(CN(Cc1ccc(Br)cc1)S(=O)(=O)c1ccc(Cl)cc1)NCc1cccc2ccccc12. The van der Waals surface area contributed by atoms with Gasteiger partial charge in [-0.3, -0.25) is 4.79 Å². The molecule has 0 saturated carbocycles. The van der Waals surface area contributed by atoms with Gasteiger partial charge in [-0.1, -0.05) is 82.1 Å². The van der Waals surface area contributed by atoms with Crippen LogP contribution in [0.3, 0.4) is 0 Å². The Bertz CT molecular complexity index is 1400. The van der Waals surface area contributed by atoms with E-state index in [9.17, 15) is 13.2 Å². The van der Waals surface area contributed by atoms with Gasteiger partial charge < -0.3 is 5.32 Å². The van der Waals surface area contributed by atoms with E-state index >= 15 is 0 Å².